The van der Waals surface area contributed by atoms with Crippen molar-refractivity contribution in [3.63, 3.8) is 0 Å². The van der Waals surface area contributed by atoms with E-state index in [1.165, 1.54) is 17.6 Å². The predicted octanol–water partition coefficient (Wildman–Crippen LogP) is 3.86. The van der Waals surface area contributed by atoms with Crippen LogP contribution < -0.4 is 5.32 Å². The summed E-state index contributed by atoms with van der Waals surface area (Å²) in [4.78, 5) is 1.49. The first kappa shape index (κ1) is 16.0. The van der Waals surface area contributed by atoms with Gasteiger partial charge in [0.25, 0.3) is 0 Å². The number of rotatable bonds is 5. The fourth-order valence-electron chi connectivity index (χ4n) is 1.66. The Labute approximate surface area is 136 Å². The molecule has 1 aromatic heterocycles. The van der Waals surface area contributed by atoms with Crippen molar-refractivity contribution in [2.45, 2.75) is 18.0 Å². The highest BCUT2D eigenvalue weighted by Gasteiger charge is 2.06. The first-order valence-electron chi connectivity index (χ1n) is 5.79. The van der Waals surface area contributed by atoms with Crippen LogP contribution in [0.4, 0.5) is 0 Å². The van der Waals surface area contributed by atoms with E-state index in [9.17, 15) is 8.42 Å². The number of nitrogens with one attached hydrogen (secondary N) is 1. The predicted molar refractivity (Wildman–Crippen MR) is 87.1 cm³/mol. The summed E-state index contributed by atoms with van der Waals surface area (Å²) in [5, 5.41) is 3.30. The Morgan fingerprint density at radius 2 is 1.90 bits per heavy atom. The normalized spacial score (nSPS) is 11.8. The molecule has 0 saturated heterocycles. The summed E-state index contributed by atoms with van der Waals surface area (Å²) in [6, 6.07) is 8.89. The monoisotopic (exact) mass is 393 g/mol. The smallest absolute Gasteiger partial charge is 0.175 e. The minimum atomic E-state index is -3.12. The molecule has 20 heavy (non-hydrogen) atoms. The number of sulfone groups is 1. The van der Waals surface area contributed by atoms with Gasteiger partial charge in [-0.15, -0.1) is 11.3 Å². The molecule has 0 aliphatic carbocycles. The first-order valence-corrected chi connectivity index (χ1v) is 9.67. The van der Waals surface area contributed by atoms with Gasteiger partial charge in [-0.05, 0) is 39.7 Å². The van der Waals surface area contributed by atoms with Gasteiger partial charge in [-0.1, -0.05) is 23.7 Å². The quantitative estimate of drug-likeness (QED) is 0.837. The summed E-state index contributed by atoms with van der Waals surface area (Å²) in [6.45, 7) is 1.40. The van der Waals surface area contributed by atoms with Gasteiger partial charge >= 0.3 is 0 Å². The van der Waals surface area contributed by atoms with Gasteiger partial charge < -0.3 is 5.32 Å². The lowest BCUT2D eigenvalue weighted by Gasteiger charge is -2.04. The molecule has 0 spiro atoms. The summed E-state index contributed by atoms with van der Waals surface area (Å²) in [5.74, 6) is 0. The lowest BCUT2D eigenvalue weighted by Crippen LogP contribution is -2.11. The van der Waals surface area contributed by atoms with E-state index in [1.807, 2.05) is 18.2 Å². The zero-order chi connectivity index (χ0) is 14.8. The van der Waals surface area contributed by atoms with Crippen molar-refractivity contribution < 1.29 is 8.42 Å². The Balaban J connectivity index is 1.91. The number of thiophene rings is 1. The third kappa shape index (κ3) is 4.30. The number of hydrogen-bond donors (Lipinski definition) is 1. The maximum absolute atomic E-state index is 11.3. The van der Waals surface area contributed by atoms with Crippen LogP contribution >= 0.6 is 38.9 Å². The summed E-state index contributed by atoms with van der Waals surface area (Å²) in [5.41, 5.74) is 1.04. The highest BCUT2D eigenvalue weighted by molar-refractivity contribution is 9.10. The van der Waals surface area contributed by atoms with Gasteiger partial charge in [0.15, 0.2) is 9.84 Å². The van der Waals surface area contributed by atoms with E-state index in [-0.39, 0.29) is 0 Å². The van der Waals surface area contributed by atoms with Crippen LogP contribution in [-0.2, 0) is 22.9 Å². The Kier molecular flexibility index (Phi) is 5.25. The van der Waals surface area contributed by atoms with Crippen LogP contribution in [0.25, 0.3) is 0 Å². The fraction of sp³-hybridized carbons (Fsp3) is 0.231. The second-order valence-corrected chi connectivity index (χ2v) is 8.96. The highest BCUT2D eigenvalue weighted by Crippen LogP contribution is 2.31. The van der Waals surface area contributed by atoms with E-state index < -0.39 is 9.84 Å². The molecule has 0 atom stereocenters. The second-order valence-electron chi connectivity index (χ2n) is 4.35. The Bertz CT molecular complexity index is 676. The van der Waals surface area contributed by atoms with Crippen LogP contribution in [0.15, 0.2) is 39.7 Å². The average Bonchev–Trinajstić information content (AvgIpc) is 2.68. The van der Waals surface area contributed by atoms with Gasteiger partial charge in [0.05, 0.1) is 4.90 Å². The standard InChI is InChI=1S/C13H13BrClNO2S2/c1-20(17,18)11-4-2-9(3-5-11)7-16-8-10-6-12(14)13(15)19-10/h2-6,16H,7-8H2,1H3. The van der Waals surface area contributed by atoms with Crippen molar-refractivity contribution >= 4 is 48.7 Å². The maximum atomic E-state index is 11.3. The molecule has 2 aromatic rings. The fourth-order valence-corrected chi connectivity index (χ4v) is 4.05. The molecule has 0 aliphatic rings. The molecule has 0 aliphatic heterocycles. The molecule has 0 fully saturated rings. The number of benzene rings is 1. The first-order chi connectivity index (χ1) is 9.36. The molecule has 1 aromatic carbocycles. The zero-order valence-electron chi connectivity index (χ0n) is 10.7. The summed E-state index contributed by atoms with van der Waals surface area (Å²) >= 11 is 10.9. The van der Waals surface area contributed by atoms with Crippen molar-refractivity contribution in [1.29, 1.82) is 0 Å². The van der Waals surface area contributed by atoms with E-state index in [0.29, 0.717) is 11.4 Å². The molecule has 0 bridgehead atoms. The van der Waals surface area contributed by atoms with E-state index >= 15 is 0 Å². The van der Waals surface area contributed by atoms with E-state index in [4.69, 9.17) is 11.6 Å². The van der Waals surface area contributed by atoms with E-state index in [1.54, 1.807) is 12.1 Å². The Morgan fingerprint density at radius 3 is 2.40 bits per heavy atom. The van der Waals surface area contributed by atoms with Crippen LogP contribution in [0.3, 0.4) is 0 Å². The molecule has 7 heteroatoms. The van der Waals surface area contributed by atoms with Crippen LogP contribution in [0.5, 0.6) is 0 Å². The molecule has 2 rings (SSSR count). The van der Waals surface area contributed by atoms with Gasteiger partial charge in [0, 0.05) is 28.7 Å². The van der Waals surface area contributed by atoms with Crippen LogP contribution in [-0.4, -0.2) is 14.7 Å². The van der Waals surface area contributed by atoms with Crippen LogP contribution in [0, 0.1) is 0 Å². The number of hydrogen-bond acceptors (Lipinski definition) is 4. The van der Waals surface area contributed by atoms with E-state index in [0.717, 1.165) is 25.8 Å². The minimum Gasteiger partial charge on any atom is -0.308 e. The van der Waals surface area contributed by atoms with Gasteiger partial charge in [-0.2, -0.15) is 0 Å². The average molecular weight is 395 g/mol. The minimum absolute atomic E-state index is 0.343. The molecule has 0 radical (unpaired) electrons. The van der Waals surface area contributed by atoms with Gasteiger partial charge in [0.1, 0.15) is 4.34 Å². The van der Waals surface area contributed by atoms with Crippen LogP contribution in [0.1, 0.15) is 10.4 Å². The molecular formula is C13H13BrClNO2S2. The van der Waals surface area contributed by atoms with Crippen LogP contribution in [0.2, 0.25) is 4.34 Å². The Hall–Kier alpha value is -0.400. The van der Waals surface area contributed by atoms with Gasteiger partial charge in [-0.25, -0.2) is 8.42 Å². The SMILES string of the molecule is CS(=O)(=O)c1ccc(CNCc2cc(Br)c(Cl)s2)cc1. The summed E-state index contributed by atoms with van der Waals surface area (Å²) < 4.78 is 24.4. The second kappa shape index (κ2) is 6.58. The maximum Gasteiger partial charge on any atom is 0.175 e. The summed E-state index contributed by atoms with van der Waals surface area (Å²) in [7, 11) is -3.12. The molecule has 1 heterocycles. The zero-order valence-corrected chi connectivity index (χ0v) is 14.7. The van der Waals surface area contributed by atoms with Crippen molar-refractivity contribution in [2.24, 2.45) is 0 Å². The third-order valence-electron chi connectivity index (χ3n) is 2.68. The van der Waals surface area contributed by atoms with Crippen molar-refractivity contribution in [2.75, 3.05) is 6.26 Å². The number of halogens is 2. The largest absolute Gasteiger partial charge is 0.308 e. The van der Waals surface area contributed by atoms with Gasteiger partial charge in [-0.3, -0.25) is 0 Å². The third-order valence-corrected chi connectivity index (χ3v) is 6.28. The highest BCUT2D eigenvalue weighted by atomic mass is 79.9. The van der Waals surface area contributed by atoms with Crippen molar-refractivity contribution in [3.05, 3.63) is 49.6 Å². The molecule has 0 unspecified atom stereocenters. The molecule has 3 nitrogen and oxygen atoms in total. The molecule has 0 amide bonds. The lowest BCUT2D eigenvalue weighted by atomic mass is 10.2. The molecular weight excluding hydrogens is 382 g/mol. The Morgan fingerprint density at radius 1 is 1.25 bits per heavy atom. The van der Waals surface area contributed by atoms with Gasteiger partial charge in [0.2, 0.25) is 0 Å². The van der Waals surface area contributed by atoms with E-state index in [2.05, 4.69) is 21.2 Å². The molecule has 1 N–H and O–H groups in total. The topological polar surface area (TPSA) is 46.2 Å². The van der Waals surface area contributed by atoms with Crippen molar-refractivity contribution in [3.8, 4) is 0 Å². The van der Waals surface area contributed by atoms with Crippen molar-refractivity contribution in [1.82, 2.24) is 5.32 Å². The lowest BCUT2D eigenvalue weighted by molar-refractivity contribution is 0.602. The molecule has 0 saturated carbocycles. The molecule has 108 valence electrons. The summed E-state index contributed by atoms with van der Waals surface area (Å²) in [6.07, 6.45) is 1.21.